The van der Waals surface area contributed by atoms with E-state index < -0.39 is 0 Å². The standard InChI is InChI=1S/C20H24N4O/c1-22-12-14-23(15-13-22)20(25)17-8-4-10-19(21-17)24-11-5-7-16-6-2-3-9-18(16)24/h2-4,6,8-10H,5,7,11-15H2,1H3. The van der Waals surface area contributed by atoms with Crippen molar-refractivity contribution in [3.05, 3.63) is 53.7 Å². The fourth-order valence-corrected chi connectivity index (χ4v) is 3.64. The van der Waals surface area contributed by atoms with Crippen molar-refractivity contribution in [1.82, 2.24) is 14.8 Å². The number of aromatic nitrogens is 1. The first kappa shape index (κ1) is 16.1. The van der Waals surface area contributed by atoms with Crippen molar-refractivity contribution < 1.29 is 4.79 Å². The first-order valence-electron chi connectivity index (χ1n) is 9.03. The van der Waals surface area contributed by atoms with Crippen molar-refractivity contribution in [1.29, 1.82) is 0 Å². The number of pyridine rings is 1. The Bertz CT molecular complexity index is 768. The normalized spacial score (nSPS) is 18.1. The van der Waals surface area contributed by atoms with Crippen LogP contribution in [0.15, 0.2) is 42.5 Å². The highest BCUT2D eigenvalue weighted by Gasteiger charge is 2.23. The number of fused-ring (bicyclic) bond motifs is 1. The number of likely N-dealkylation sites (N-methyl/N-ethyl adjacent to an activating group) is 1. The number of hydrogen-bond acceptors (Lipinski definition) is 4. The molecular formula is C20H24N4O. The van der Waals surface area contributed by atoms with Crippen molar-refractivity contribution in [2.45, 2.75) is 12.8 Å². The number of hydrogen-bond donors (Lipinski definition) is 0. The summed E-state index contributed by atoms with van der Waals surface area (Å²) in [5.74, 6) is 0.910. The molecule has 3 heterocycles. The smallest absolute Gasteiger partial charge is 0.272 e. The predicted molar refractivity (Wildman–Crippen MR) is 99.4 cm³/mol. The lowest BCUT2D eigenvalue weighted by Crippen LogP contribution is -2.47. The molecule has 0 N–H and O–H groups in total. The van der Waals surface area contributed by atoms with Gasteiger partial charge >= 0.3 is 0 Å². The lowest BCUT2D eigenvalue weighted by atomic mass is 10.0. The van der Waals surface area contributed by atoms with Gasteiger partial charge in [-0.3, -0.25) is 4.79 Å². The Hall–Kier alpha value is -2.40. The van der Waals surface area contributed by atoms with Crippen LogP contribution < -0.4 is 4.90 Å². The van der Waals surface area contributed by atoms with Gasteiger partial charge in [0.2, 0.25) is 0 Å². The van der Waals surface area contributed by atoms with Crippen molar-refractivity contribution >= 4 is 17.4 Å². The number of nitrogens with zero attached hydrogens (tertiary/aromatic N) is 4. The number of benzene rings is 1. The van der Waals surface area contributed by atoms with Crippen molar-refractivity contribution in [2.24, 2.45) is 0 Å². The lowest BCUT2D eigenvalue weighted by molar-refractivity contribution is 0.0658. The Balaban J connectivity index is 1.59. The zero-order valence-electron chi connectivity index (χ0n) is 14.7. The van der Waals surface area contributed by atoms with Gasteiger partial charge in [-0.05, 0) is 43.7 Å². The minimum Gasteiger partial charge on any atom is -0.335 e. The van der Waals surface area contributed by atoms with E-state index >= 15 is 0 Å². The summed E-state index contributed by atoms with van der Waals surface area (Å²) in [6.45, 7) is 4.33. The second-order valence-corrected chi connectivity index (χ2v) is 6.86. The number of aryl methyl sites for hydroxylation is 1. The molecule has 2 aliphatic heterocycles. The van der Waals surface area contributed by atoms with Gasteiger partial charge in [-0.2, -0.15) is 0 Å². The summed E-state index contributed by atoms with van der Waals surface area (Å²) >= 11 is 0. The Labute approximate surface area is 148 Å². The average Bonchev–Trinajstić information content (AvgIpc) is 2.68. The largest absolute Gasteiger partial charge is 0.335 e. The third kappa shape index (κ3) is 3.24. The molecule has 1 fully saturated rings. The van der Waals surface area contributed by atoms with Gasteiger partial charge < -0.3 is 14.7 Å². The molecule has 4 rings (SSSR count). The van der Waals surface area contributed by atoms with Gasteiger partial charge in [0.25, 0.3) is 5.91 Å². The molecule has 2 aliphatic rings. The van der Waals surface area contributed by atoms with Crippen molar-refractivity contribution in [3.8, 4) is 0 Å². The molecule has 0 spiro atoms. The van der Waals surface area contributed by atoms with Crippen LogP contribution >= 0.6 is 0 Å². The molecule has 0 atom stereocenters. The number of carbonyl (C=O) groups excluding carboxylic acids is 1. The quantitative estimate of drug-likeness (QED) is 0.845. The summed E-state index contributed by atoms with van der Waals surface area (Å²) in [5.41, 5.74) is 3.11. The highest BCUT2D eigenvalue weighted by atomic mass is 16.2. The molecule has 130 valence electrons. The van der Waals surface area contributed by atoms with E-state index in [1.807, 2.05) is 23.1 Å². The molecule has 1 aromatic carbocycles. The SMILES string of the molecule is CN1CCN(C(=O)c2cccc(N3CCCc4ccccc43)n2)CC1. The molecule has 0 aliphatic carbocycles. The second kappa shape index (κ2) is 6.84. The monoisotopic (exact) mass is 336 g/mol. The van der Waals surface area contributed by atoms with E-state index in [4.69, 9.17) is 4.98 Å². The maximum atomic E-state index is 12.8. The molecule has 5 nitrogen and oxygen atoms in total. The van der Waals surface area contributed by atoms with Crippen LogP contribution in [0.1, 0.15) is 22.5 Å². The molecule has 1 saturated heterocycles. The van der Waals surface area contributed by atoms with Gasteiger partial charge in [0.1, 0.15) is 11.5 Å². The van der Waals surface area contributed by atoms with Crippen LogP contribution in [0.4, 0.5) is 11.5 Å². The molecule has 1 aromatic heterocycles. The van der Waals surface area contributed by atoms with Gasteiger partial charge in [-0.15, -0.1) is 0 Å². The molecular weight excluding hydrogens is 312 g/mol. The number of rotatable bonds is 2. The summed E-state index contributed by atoms with van der Waals surface area (Å²) in [5, 5.41) is 0. The van der Waals surface area contributed by atoms with Crippen LogP contribution in [0.3, 0.4) is 0 Å². The number of carbonyl (C=O) groups is 1. The highest BCUT2D eigenvalue weighted by Crippen LogP contribution is 2.32. The van der Waals surface area contributed by atoms with E-state index in [0.717, 1.165) is 51.4 Å². The van der Waals surface area contributed by atoms with Crippen LogP contribution in [0.2, 0.25) is 0 Å². The fourth-order valence-electron chi connectivity index (χ4n) is 3.64. The highest BCUT2D eigenvalue weighted by molar-refractivity contribution is 5.93. The minimum atomic E-state index is 0.0419. The fraction of sp³-hybridized carbons (Fsp3) is 0.400. The van der Waals surface area contributed by atoms with E-state index in [1.54, 1.807) is 0 Å². The summed E-state index contributed by atoms with van der Waals surface area (Å²) in [4.78, 5) is 23.9. The van der Waals surface area contributed by atoms with Crippen molar-refractivity contribution in [2.75, 3.05) is 44.7 Å². The zero-order chi connectivity index (χ0) is 17.2. The van der Waals surface area contributed by atoms with Crippen LogP contribution in [0.5, 0.6) is 0 Å². The Morgan fingerprint density at radius 2 is 1.76 bits per heavy atom. The minimum absolute atomic E-state index is 0.0419. The molecule has 1 amide bonds. The van der Waals surface area contributed by atoms with E-state index in [0.29, 0.717) is 5.69 Å². The van der Waals surface area contributed by atoms with Gasteiger partial charge in [0, 0.05) is 38.4 Å². The Morgan fingerprint density at radius 1 is 0.960 bits per heavy atom. The van der Waals surface area contributed by atoms with Gasteiger partial charge in [-0.25, -0.2) is 4.98 Å². The topological polar surface area (TPSA) is 39.7 Å². The molecule has 0 unspecified atom stereocenters. The first-order chi connectivity index (χ1) is 12.2. The summed E-state index contributed by atoms with van der Waals surface area (Å²) in [6.07, 6.45) is 2.21. The third-order valence-corrected chi connectivity index (χ3v) is 5.13. The van der Waals surface area contributed by atoms with E-state index in [2.05, 4.69) is 41.1 Å². The van der Waals surface area contributed by atoms with Crippen LogP contribution in [-0.4, -0.2) is 60.5 Å². The van der Waals surface area contributed by atoms with E-state index in [1.165, 1.54) is 11.3 Å². The van der Waals surface area contributed by atoms with E-state index in [-0.39, 0.29) is 5.91 Å². The molecule has 0 radical (unpaired) electrons. The van der Waals surface area contributed by atoms with Gasteiger partial charge in [0.05, 0.1) is 0 Å². The second-order valence-electron chi connectivity index (χ2n) is 6.86. The number of amides is 1. The maximum Gasteiger partial charge on any atom is 0.272 e. The van der Waals surface area contributed by atoms with Crippen LogP contribution in [0.25, 0.3) is 0 Å². The Kier molecular flexibility index (Phi) is 4.40. The Morgan fingerprint density at radius 3 is 2.60 bits per heavy atom. The van der Waals surface area contributed by atoms with Gasteiger partial charge in [-0.1, -0.05) is 24.3 Å². The molecule has 0 bridgehead atoms. The van der Waals surface area contributed by atoms with Gasteiger partial charge in [0.15, 0.2) is 0 Å². The van der Waals surface area contributed by atoms with Crippen LogP contribution in [-0.2, 0) is 6.42 Å². The average molecular weight is 336 g/mol. The van der Waals surface area contributed by atoms with E-state index in [9.17, 15) is 4.79 Å². The molecule has 25 heavy (non-hydrogen) atoms. The molecule has 2 aromatic rings. The summed E-state index contributed by atoms with van der Waals surface area (Å²) < 4.78 is 0. The maximum absolute atomic E-state index is 12.8. The first-order valence-corrected chi connectivity index (χ1v) is 9.03. The van der Waals surface area contributed by atoms with Crippen molar-refractivity contribution in [3.63, 3.8) is 0 Å². The van der Waals surface area contributed by atoms with Crippen LogP contribution in [0, 0.1) is 0 Å². The molecule has 5 heteroatoms. The lowest BCUT2D eigenvalue weighted by Gasteiger charge is -2.33. The number of para-hydroxylation sites is 1. The molecule has 0 saturated carbocycles. The summed E-state index contributed by atoms with van der Waals surface area (Å²) in [7, 11) is 2.09. The summed E-state index contributed by atoms with van der Waals surface area (Å²) in [6, 6.07) is 14.3. The third-order valence-electron chi connectivity index (χ3n) is 5.13. The zero-order valence-corrected chi connectivity index (χ0v) is 14.7. The number of anilines is 2. The predicted octanol–water partition coefficient (Wildman–Crippen LogP) is 2.55. The number of piperazine rings is 1.